The van der Waals surface area contributed by atoms with E-state index in [1.54, 1.807) is 13.0 Å². The highest BCUT2D eigenvalue weighted by Crippen LogP contribution is 2.44. The highest BCUT2D eigenvalue weighted by atomic mass is 19.3. The third-order valence-electron chi connectivity index (χ3n) is 5.98. The van der Waals surface area contributed by atoms with Crippen molar-refractivity contribution in [3.8, 4) is 11.8 Å². The summed E-state index contributed by atoms with van der Waals surface area (Å²) in [5.41, 5.74) is -0.466. The first-order chi connectivity index (χ1) is 13.8. The number of benzene rings is 1. The fourth-order valence-electron chi connectivity index (χ4n) is 4.62. The van der Waals surface area contributed by atoms with Gasteiger partial charge in [0.25, 0.3) is 5.92 Å². The number of carbonyl (C=O) groups is 1. The number of amidine groups is 1. The van der Waals surface area contributed by atoms with Crippen molar-refractivity contribution in [2.75, 3.05) is 31.1 Å². The first kappa shape index (κ1) is 19.8. The van der Waals surface area contributed by atoms with Crippen molar-refractivity contribution < 1.29 is 18.0 Å². The number of nitrogens with zero attached hydrogens (tertiary/aromatic N) is 4. The second kappa shape index (κ2) is 7.06. The third-order valence-corrected chi connectivity index (χ3v) is 5.98. The molecule has 0 saturated carbocycles. The first-order valence-electron chi connectivity index (χ1n) is 9.71. The molecule has 5 nitrogen and oxygen atoms in total. The third kappa shape index (κ3) is 3.38. The van der Waals surface area contributed by atoms with Gasteiger partial charge in [-0.15, -0.1) is 5.92 Å². The average Bonchev–Trinajstić information content (AvgIpc) is 2.90. The van der Waals surface area contributed by atoms with Gasteiger partial charge in [-0.2, -0.15) is 4.99 Å². The van der Waals surface area contributed by atoms with Crippen LogP contribution in [0.15, 0.2) is 29.3 Å². The molecule has 3 aliphatic heterocycles. The van der Waals surface area contributed by atoms with Gasteiger partial charge in [-0.05, 0) is 44.9 Å². The Labute approximate surface area is 168 Å². The van der Waals surface area contributed by atoms with Crippen LogP contribution in [0, 0.1) is 17.7 Å². The minimum Gasteiger partial charge on any atom is -0.346 e. The number of aliphatic imine (C=N–C) groups is 1. The Bertz CT molecular complexity index is 914. The van der Waals surface area contributed by atoms with Crippen LogP contribution in [0.1, 0.15) is 26.7 Å². The maximum atomic E-state index is 13.9. The summed E-state index contributed by atoms with van der Waals surface area (Å²) in [5.74, 6) is 3.09. The van der Waals surface area contributed by atoms with Gasteiger partial charge in [0.1, 0.15) is 17.2 Å². The number of hydrogen-bond acceptors (Lipinski definition) is 3. The predicted molar refractivity (Wildman–Crippen MR) is 105 cm³/mol. The molecule has 29 heavy (non-hydrogen) atoms. The number of urea groups is 1. The van der Waals surface area contributed by atoms with E-state index in [-0.39, 0.29) is 6.04 Å². The quantitative estimate of drug-likeness (QED) is 0.710. The van der Waals surface area contributed by atoms with Crippen molar-refractivity contribution in [1.29, 1.82) is 0 Å². The van der Waals surface area contributed by atoms with Crippen LogP contribution >= 0.6 is 0 Å². The Balaban J connectivity index is 1.71. The highest BCUT2D eigenvalue weighted by molar-refractivity contribution is 6.16. The number of likely N-dealkylation sites (tertiary alicyclic amines) is 2. The number of halogens is 3. The van der Waals surface area contributed by atoms with Gasteiger partial charge >= 0.3 is 6.03 Å². The van der Waals surface area contributed by atoms with Gasteiger partial charge in [-0.1, -0.05) is 12.0 Å². The monoisotopic (exact) mass is 404 g/mol. The van der Waals surface area contributed by atoms with Crippen LogP contribution in [0.5, 0.6) is 0 Å². The number of carbonyl (C=O) groups excluding carboxylic acids is 1. The maximum Gasteiger partial charge on any atom is 0.350 e. The molecule has 1 spiro atoms. The number of amides is 2. The van der Waals surface area contributed by atoms with Gasteiger partial charge in [-0.3, -0.25) is 9.80 Å². The molecule has 0 N–H and O–H groups in total. The van der Waals surface area contributed by atoms with Crippen LogP contribution < -0.4 is 4.90 Å². The highest BCUT2D eigenvalue weighted by Gasteiger charge is 2.58. The normalized spacial score (nSPS) is 28.8. The Kier molecular flexibility index (Phi) is 4.82. The maximum absolute atomic E-state index is 13.9. The van der Waals surface area contributed by atoms with E-state index >= 15 is 0 Å². The van der Waals surface area contributed by atoms with Crippen molar-refractivity contribution in [1.82, 2.24) is 9.80 Å². The van der Waals surface area contributed by atoms with Crippen LogP contribution in [0.25, 0.3) is 0 Å². The van der Waals surface area contributed by atoms with E-state index in [9.17, 15) is 18.0 Å². The van der Waals surface area contributed by atoms with Crippen LogP contribution in [0.2, 0.25) is 0 Å². The fourth-order valence-corrected chi connectivity index (χ4v) is 4.62. The van der Waals surface area contributed by atoms with Crippen molar-refractivity contribution in [3.05, 3.63) is 30.1 Å². The molecular weight excluding hydrogens is 381 g/mol. The molecule has 0 unspecified atom stereocenters. The molecule has 2 fully saturated rings. The van der Waals surface area contributed by atoms with Gasteiger partial charge in [0, 0.05) is 18.3 Å². The Morgan fingerprint density at radius 1 is 1.31 bits per heavy atom. The lowest BCUT2D eigenvalue weighted by Crippen LogP contribution is -2.68. The van der Waals surface area contributed by atoms with Gasteiger partial charge in [0.05, 0.1) is 19.6 Å². The van der Waals surface area contributed by atoms with Crippen molar-refractivity contribution >= 4 is 17.6 Å². The molecular formula is C21H23F3N4O. The SMILES string of the molecule is CC#CCN1CC[C@@]2(C[C@@H]1C)C(N1CC(F)(F)C1)=NC(=O)N2c1cccc(F)c1. The molecule has 0 aromatic heterocycles. The van der Waals surface area contributed by atoms with Crippen molar-refractivity contribution in [3.63, 3.8) is 0 Å². The number of rotatable bonds is 2. The lowest BCUT2D eigenvalue weighted by Gasteiger charge is -2.52. The smallest absolute Gasteiger partial charge is 0.346 e. The first-order valence-corrected chi connectivity index (χ1v) is 9.71. The van der Waals surface area contributed by atoms with Crippen molar-refractivity contribution in [2.24, 2.45) is 4.99 Å². The summed E-state index contributed by atoms with van der Waals surface area (Å²) in [7, 11) is 0. The molecule has 154 valence electrons. The second-order valence-corrected chi connectivity index (χ2v) is 7.98. The topological polar surface area (TPSA) is 39.1 Å². The number of alkyl halides is 2. The lowest BCUT2D eigenvalue weighted by atomic mass is 9.80. The van der Waals surface area contributed by atoms with Crippen molar-refractivity contribution in [2.45, 2.75) is 44.2 Å². The van der Waals surface area contributed by atoms with E-state index in [0.29, 0.717) is 37.5 Å². The standard InChI is InChI=1S/C21H23F3N4O/c1-3-4-9-26-10-8-20(12-15(26)2)18(27-13-21(23,24)14-27)25-19(29)28(20)17-7-5-6-16(22)11-17/h5-7,11,15H,8-10,12-14H2,1-2H3/t15-,20+/m0/s1. The molecule has 2 saturated heterocycles. The molecule has 2 atom stereocenters. The van der Waals surface area contributed by atoms with E-state index in [4.69, 9.17) is 0 Å². The lowest BCUT2D eigenvalue weighted by molar-refractivity contribution is -0.103. The number of piperidine rings is 1. The predicted octanol–water partition coefficient (Wildman–Crippen LogP) is 3.36. The summed E-state index contributed by atoms with van der Waals surface area (Å²) >= 11 is 0. The van der Waals surface area contributed by atoms with E-state index in [2.05, 4.69) is 21.7 Å². The summed E-state index contributed by atoms with van der Waals surface area (Å²) in [4.78, 5) is 22.3. The molecule has 4 rings (SSSR count). The van der Waals surface area contributed by atoms with Gasteiger partial charge in [0.15, 0.2) is 0 Å². The molecule has 0 radical (unpaired) electrons. The largest absolute Gasteiger partial charge is 0.350 e. The zero-order valence-electron chi connectivity index (χ0n) is 16.5. The summed E-state index contributed by atoms with van der Waals surface area (Å²) in [6.45, 7) is 4.17. The minimum absolute atomic E-state index is 0.0542. The molecule has 2 amide bonds. The summed E-state index contributed by atoms with van der Waals surface area (Å²) in [5, 5.41) is 0. The van der Waals surface area contributed by atoms with Crippen LogP contribution in [-0.4, -0.2) is 65.3 Å². The molecule has 0 aliphatic carbocycles. The minimum atomic E-state index is -2.78. The zero-order chi connectivity index (χ0) is 20.8. The van der Waals surface area contributed by atoms with E-state index in [1.807, 2.05) is 6.92 Å². The van der Waals surface area contributed by atoms with E-state index < -0.39 is 36.4 Å². The summed E-state index contributed by atoms with van der Waals surface area (Å²) < 4.78 is 41.1. The molecule has 3 heterocycles. The van der Waals surface area contributed by atoms with Crippen LogP contribution in [0.3, 0.4) is 0 Å². The second-order valence-electron chi connectivity index (χ2n) is 7.98. The number of anilines is 1. The van der Waals surface area contributed by atoms with Gasteiger partial charge in [-0.25, -0.2) is 18.0 Å². The Morgan fingerprint density at radius 2 is 2.07 bits per heavy atom. The fraction of sp³-hybridized carbons (Fsp3) is 0.524. The molecule has 3 aliphatic rings. The average molecular weight is 404 g/mol. The Morgan fingerprint density at radius 3 is 2.69 bits per heavy atom. The summed E-state index contributed by atoms with van der Waals surface area (Å²) in [6, 6.07) is 5.32. The number of hydrogen-bond donors (Lipinski definition) is 0. The molecule has 1 aromatic carbocycles. The van der Waals surface area contributed by atoms with Gasteiger partial charge in [0.2, 0.25) is 0 Å². The summed E-state index contributed by atoms with van der Waals surface area (Å²) in [6.07, 6.45) is 1.04. The molecule has 0 bridgehead atoms. The molecule has 1 aromatic rings. The van der Waals surface area contributed by atoms with E-state index in [1.165, 1.54) is 28.0 Å². The van der Waals surface area contributed by atoms with E-state index in [0.717, 1.165) is 0 Å². The van der Waals surface area contributed by atoms with Crippen LogP contribution in [-0.2, 0) is 0 Å². The Hall–Kier alpha value is -2.53. The molecule has 8 heteroatoms. The van der Waals surface area contributed by atoms with Gasteiger partial charge < -0.3 is 4.90 Å². The zero-order valence-corrected chi connectivity index (χ0v) is 16.5. The van der Waals surface area contributed by atoms with Crippen LogP contribution in [0.4, 0.5) is 23.7 Å².